The van der Waals surface area contributed by atoms with Gasteiger partial charge in [0.05, 0.1) is 17.0 Å². The number of benzene rings is 2. The van der Waals surface area contributed by atoms with Gasteiger partial charge >= 0.3 is 0 Å². The Morgan fingerprint density at radius 3 is 2.36 bits per heavy atom. The molecule has 1 aliphatic carbocycles. The summed E-state index contributed by atoms with van der Waals surface area (Å²) in [7, 11) is -3.71. The smallest absolute Gasteiger partial charge is 0.243 e. The standard InChI is InChI=1S/C28H36Cl2FN3O4S/c1-3-25(28(36)32-23-8-5-4-6-9-23)33(19-20-11-14-22(31)15-12-20)27(35)10-7-17-34(39(2,37)38)26-18-21(29)13-16-24(26)30/h11-16,18,23,25H,3-10,17,19H2,1-2H3,(H,32,36)/t25-/m0/s1. The normalized spacial score (nSPS) is 15.0. The number of amides is 2. The molecule has 7 nitrogen and oxygen atoms in total. The van der Waals surface area contributed by atoms with E-state index in [0.717, 1.165) is 42.7 Å². The second-order valence-corrected chi connectivity index (χ2v) is 12.7. The minimum atomic E-state index is -3.71. The van der Waals surface area contributed by atoms with Crippen LogP contribution < -0.4 is 9.62 Å². The number of anilines is 1. The molecule has 0 spiro atoms. The number of nitrogens with zero attached hydrogens (tertiary/aromatic N) is 2. The molecule has 11 heteroatoms. The zero-order chi connectivity index (χ0) is 28.6. The number of nitrogens with one attached hydrogen (secondary N) is 1. The van der Waals surface area contributed by atoms with Crippen LogP contribution in [-0.2, 0) is 26.2 Å². The van der Waals surface area contributed by atoms with Gasteiger partial charge in [0.1, 0.15) is 11.9 Å². The first kappa shape index (κ1) is 31.2. The lowest BCUT2D eigenvalue weighted by Crippen LogP contribution is -2.51. The first-order valence-corrected chi connectivity index (χ1v) is 15.9. The SMILES string of the molecule is CC[C@@H](C(=O)NC1CCCCC1)N(Cc1ccc(F)cc1)C(=O)CCCN(c1cc(Cl)ccc1Cl)S(C)(=O)=O. The highest BCUT2D eigenvalue weighted by Gasteiger charge is 2.30. The summed E-state index contributed by atoms with van der Waals surface area (Å²) in [5.74, 6) is -0.891. The lowest BCUT2D eigenvalue weighted by molar-refractivity contribution is -0.141. The molecule has 1 atom stereocenters. The van der Waals surface area contributed by atoms with Crippen molar-refractivity contribution in [1.29, 1.82) is 0 Å². The molecular formula is C28H36Cl2FN3O4S. The average molecular weight is 601 g/mol. The molecule has 1 saturated carbocycles. The monoisotopic (exact) mass is 599 g/mol. The molecule has 0 aromatic heterocycles. The summed E-state index contributed by atoms with van der Waals surface area (Å²) >= 11 is 12.3. The Labute approximate surface area is 240 Å². The van der Waals surface area contributed by atoms with Crippen LogP contribution in [0.1, 0.15) is 63.9 Å². The number of rotatable bonds is 12. The van der Waals surface area contributed by atoms with Gasteiger partial charge < -0.3 is 10.2 Å². The van der Waals surface area contributed by atoms with Crippen LogP contribution in [-0.4, -0.2) is 50.0 Å². The van der Waals surface area contributed by atoms with Crippen LogP contribution >= 0.6 is 23.2 Å². The fourth-order valence-electron chi connectivity index (χ4n) is 4.91. The molecule has 0 unspecified atom stereocenters. The Morgan fingerprint density at radius 2 is 1.74 bits per heavy atom. The van der Waals surface area contributed by atoms with E-state index in [4.69, 9.17) is 23.2 Å². The highest BCUT2D eigenvalue weighted by molar-refractivity contribution is 7.92. The molecule has 1 fully saturated rings. The van der Waals surface area contributed by atoms with Gasteiger partial charge in [0.15, 0.2) is 0 Å². The number of hydrogen-bond donors (Lipinski definition) is 1. The Balaban J connectivity index is 1.77. The number of sulfonamides is 1. The van der Waals surface area contributed by atoms with Crippen LogP contribution in [0, 0.1) is 5.82 Å². The summed E-state index contributed by atoms with van der Waals surface area (Å²) in [5, 5.41) is 3.67. The van der Waals surface area contributed by atoms with Gasteiger partial charge in [0.2, 0.25) is 21.8 Å². The van der Waals surface area contributed by atoms with E-state index in [1.165, 1.54) is 29.2 Å². The third-order valence-electron chi connectivity index (χ3n) is 6.93. The van der Waals surface area contributed by atoms with Crippen LogP contribution in [0.4, 0.5) is 10.1 Å². The summed E-state index contributed by atoms with van der Waals surface area (Å²) in [6.45, 7) is 1.98. The quantitative estimate of drug-likeness (QED) is 0.327. The maximum atomic E-state index is 13.6. The van der Waals surface area contributed by atoms with Crippen molar-refractivity contribution in [3.05, 3.63) is 63.9 Å². The summed E-state index contributed by atoms with van der Waals surface area (Å²) < 4.78 is 39.7. The highest BCUT2D eigenvalue weighted by atomic mass is 35.5. The van der Waals surface area contributed by atoms with E-state index in [-0.39, 0.29) is 60.3 Å². The Kier molecular flexibility index (Phi) is 11.4. The molecule has 0 heterocycles. The van der Waals surface area contributed by atoms with Gasteiger partial charge in [-0.1, -0.05) is 61.5 Å². The van der Waals surface area contributed by atoms with E-state index >= 15 is 0 Å². The molecule has 0 aliphatic heterocycles. The third-order valence-corrected chi connectivity index (χ3v) is 8.67. The van der Waals surface area contributed by atoms with Crippen molar-refractivity contribution in [3.8, 4) is 0 Å². The molecule has 0 bridgehead atoms. The van der Waals surface area contributed by atoms with Crippen LogP contribution in [0.15, 0.2) is 42.5 Å². The zero-order valence-electron chi connectivity index (χ0n) is 22.3. The average Bonchev–Trinajstić information content (AvgIpc) is 2.89. The fraction of sp³-hybridized carbons (Fsp3) is 0.500. The third kappa shape index (κ3) is 9.08. The van der Waals surface area contributed by atoms with Crippen molar-refractivity contribution in [2.45, 2.75) is 76.9 Å². The topological polar surface area (TPSA) is 86.8 Å². The van der Waals surface area contributed by atoms with Crippen LogP contribution in [0.3, 0.4) is 0 Å². The molecule has 0 radical (unpaired) electrons. The number of carbonyl (C=O) groups excluding carboxylic acids is 2. The Hall–Kier alpha value is -2.36. The largest absolute Gasteiger partial charge is 0.352 e. The molecule has 0 saturated heterocycles. The van der Waals surface area contributed by atoms with Crippen molar-refractivity contribution in [2.75, 3.05) is 17.1 Å². The highest BCUT2D eigenvalue weighted by Crippen LogP contribution is 2.31. The van der Waals surface area contributed by atoms with E-state index in [9.17, 15) is 22.4 Å². The van der Waals surface area contributed by atoms with E-state index in [1.807, 2.05) is 6.92 Å². The molecule has 214 valence electrons. The van der Waals surface area contributed by atoms with E-state index in [1.54, 1.807) is 18.2 Å². The van der Waals surface area contributed by atoms with Crippen molar-refractivity contribution in [3.63, 3.8) is 0 Å². The van der Waals surface area contributed by atoms with Gasteiger partial charge in [0, 0.05) is 30.6 Å². The minimum Gasteiger partial charge on any atom is -0.352 e. The molecule has 39 heavy (non-hydrogen) atoms. The zero-order valence-corrected chi connectivity index (χ0v) is 24.7. The van der Waals surface area contributed by atoms with Crippen molar-refractivity contribution in [1.82, 2.24) is 10.2 Å². The summed E-state index contributed by atoms with van der Waals surface area (Å²) in [6, 6.07) is 9.75. The van der Waals surface area contributed by atoms with Crippen molar-refractivity contribution >= 4 is 50.7 Å². The van der Waals surface area contributed by atoms with Gasteiger partial charge in [0.25, 0.3) is 0 Å². The van der Waals surface area contributed by atoms with Crippen LogP contribution in [0.2, 0.25) is 10.0 Å². The molecular weight excluding hydrogens is 564 g/mol. The number of carbonyl (C=O) groups is 2. The predicted octanol–water partition coefficient (Wildman–Crippen LogP) is 5.94. The van der Waals surface area contributed by atoms with Gasteiger partial charge in [-0.3, -0.25) is 13.9 Å². The first-order valence-electron chi connectivity index (χ1n) is 13.3. The Bertz CT molecular complexity index is 1240. The van der Waals surface area contributed by atoms with Crippen molar-refractivity contribution < 1.29 is 22.4 Å². The molecule has 2 aromatic carbocycles. The maximum absolute atomic E-state index is 13.6. The summed E-state index contributed by atoms with van der Waals surface area (Å²) in [5.41, 5.74) is 0.928. The van der Waals surface area contributed by atoms with E-state index < -0.39 is 16.1 Å². The number of hydrogen-bond acceptors (Lipinski definition) is 4. The van der Waals surface area contributed by atoms with Gasteiger partial charge in [-0.2, -0.15) is 0 Å². The lowest BCUT2D eigenvalue weighted by Gasteiger charge is -2.33. The second-order valence-electron chi connectivity index (χ2n) is 9.95. The Morgan fingerprint density at radius 1 is 1.08 bits per heavy atom. The molecule has 2 aromatic rings. The van der Waals surface area contributed by atoms with E-state index in [0.29, 0.717) is 17.0 Å². The molecule has 3 rings (SSSR count). The lowest BCUT2D eigenvalue weighted by atomic mass is 9.95. The minimum absolute atomic E-state index is 0.0000853. The molecule has 1 aliphatic rings. The second kappa shape index (κ2) is 14.3. The first-order chi connectivity index (χ1) is 18.5. The predicted molar refractivity (Wildman–Crippen MR) is 154 cm³/mol. The van der Waals surface area contributed by atoms with Gasteiger partial charge in [-0.25, -0.2) is 12.8 Å². The van der Waals surface area contributed by atoms with Gasteiger partial charge in [-0.05, 0) is 61.6 Å². The van der Waals surface area contributed by atoms with E-state index in [2.05, 4.69) is 5.32 Å². The van der Waals surface area contributed by atoms with Gasteiger partial charge in [-0.15, -0.1) is 0 Å². The van der Waals surface area contributed by atoms with Crippen LogP contribution in [0.5, 0.6) is 0 Å². The fourth-order valence-corrected chi connectivity index (χ4v) is 6.31. The van der Waals surface area contributed by atoms with Crippen LogP contribution in [0.25, 0.3) is 0 Å². The summed E-state index contributed by atoms with van der Waals surface area (Å²) in [6.07, 6.45) is 6.77. The maximum Gasteiger partial charge on any atom is 0.243 e. The summed E-state index contributed by atoms with van der Waals surface area (Å²) in [4.78, 5) is 28.4. The molecule has 2 amide bonds. The molecule has 1 N–H and O–H groups in total. The van der Waals surface area contributed by atoms with Crippen molar-refractivity contribution in [2.24, 2.45) is 0 Å². The number of halogens is 3.